The van der Waals surface area contributed by atoms with Crippen LogP contribution < -0.4 is 4.74 Å². The Morgan fingerprint density at radius 3 is 2.89 bits per heavy atom. The number of amides is 1. The second kappa shape index (κ2) is 7.39. The Kier molecular flexibility index (Phi) is 5.14. The maximum atomic E-state index is 12.8. The van der Waals surface area contributed by atoms with Gasteiger partial charge in [0.1, 0.15) is 29.8 Å². The van der Waals surface area contributed by atoms with Crippen LogP contribution in [0.15, 0.2) is 42.7 Å². The Morgan fingerprint density at radius 2 is 2.25 bits per heavy atom. The van der Waals surface area contributed by atoms with Crippen LogP contribution in [0.2, 0.25) is 0 Å². The van der Waals surface area contributed by atoms with E-state index in [1.807, 2.05) is 0 Å². The summed E-state index contributed by atoms with van der Waals surface area (Å²) >= 11 is 0. The molecule has 146 valence electrons. The summed E-state index contributed by atoms with van der Waals surface area (Å²) < 4.78 is 17.2. The lowest BCUT2D eigenvalue weighted by Crippen LogP contribution is -2.55. The molecule has 2 aliphatic heterocycles. The van der Waals surface area contributed by atoms with Gasteiger partial charge in [0.25, 0.3) is 5.91 Å². The first-order chi connectivity index (χ1) is 13.3. The molecule has 1 amide bonds. The standard InChI is InChI=1S/C21H22N2O5/c1-5-8-26-15-10-18(25)23(12-15)19-16-9-14(11-22)6-7-17(16)28-21(3,4)20(19)27-13(2)24/h5-7,9-10,19-20H,1,8,12H2,2-4H3/t19-,20+/m0/s1. The fraction of sp³-hybridized carbons (Fsp3) is 0.381. The highest BCUT2D eigenvalue weighted by molar-refractivity contribution is 5.91. The zero-order valence-electron chi connectivity index (χ0n) is 16.1. The van der Waals surface area contributed by atoms with E-state index in [9.17, 15) is 14.9 Å². The normalized spacial score (nSPS) is 22.4. The molecule has 7 heteroatoms. The molecule has 28 heavy (non-hydrogen) atoms. The molecule has 0 aliphatic carbocycles. The third-order valence-electron chi connectivity index (χ3n) is 4.71. The van der Waals surface area contributed by atoms with Gasteiger partial charge < -0.3 is 19.1 Å². The molecule has 0 saturated heterocycles. The number of carbonyl (C=O) groups is 2. The van der Waals surface area contributed by atoms with E-state index in [4.69, 9.17) is 14.2 Å². The van der Waals surface area contributed by atoms with Gasteiger partial charge in [-0.1, -0.05) is 12.7 Å². The van der Waals surface area contributed by atoms with Crippen molar-refractivity contribution in [1.82, 2.24) is 4.90 Å². The van der Waals surface area contributed by atoms with Crippen LogP contribution in [0.4, 0.5) is 0 Å². The number of carbonyl (C=O) groups excluding carboxylic acids is 2. The second-order valence-electron chi connectivity index (χ2n) is 7.22. The van der Waals surface area contributed by atoms with Crippen LogP contribution in [0, 0.1) is 11.3 Å². The summed E-state index contributed by atoms with van der Waals surface area (Å²) in [7, 11) is 0. The van der Waals surface area contributed by atoms with Crippen molar-refractivity contribution < 1.29 is 23.8 Å². The van der Waals surface area contributed by atoms with E-state index in [-0.39, 0.29) is 19.1 Å². The molecule has 2 atom stereocenters. The number of nitrogens with zero attached hydrogens (tertiary/aromatic N) is 2. The van der Waals surface area contributed by atoms with E-state index in [2.05, 4.69) is 12.6 Å². The Hall–Kier alpha value is -3.27. The first-order valence-electron chi connectivity index (χ1n) is 8.92. The predicted octanol–water partition coefficient (Wildman–Crippen LogP) is 2.63. The molecule has 0 saturated carbocycles. The highest BCUT2D eigenvalue weighted by Crippen LogP contribution is 2.45. The van der Waals surface area contributed by atoms with Crippen molar-refractivity contribution >= 4 is 11.9 Å². The Morgan fingerprint density at radius 1 is 1.50 bits per heavy atom. The van der Waals surface area contributed by atoms with Gasteiger partial charge in [-0.2, -0.15) is 5.26 Å². The largest absolute Gasteiger partial charge is 0.492 e. The van der Waals surface area contributed by atoms with Crippen LogP contribution in [0.25, 0.3) is 0 Å². The van der Waals surface area contributed by atoms with Gasteiger partial charge in [-0.3, -0.25) is 9.59 Å². The fourth-order valence-electron chi connectivity index (χ4n) is 3.54. The zero-order valence-corrected chi connectivity index (χ0v) is 16.1. The maximum absolute atomic E-state index is 12.8. The van der Waals surface area contributed by atoms with Crippen LogP contribution in [0.1, 0.15) is 37.9 Å². The zero-order chi connectivity index (χ0) is 20.5. The van der Waals surface area contributed by atoms with Crippen LogP contribution in [-0.4, -0.2) is 41.6 Å². The summed E-state index contributed by atoms with van der Waals surface area (Å²) in [5.41, 5.74) is 0.162. The highest BCUT2D eigenvalue weighted by atomic mass is 16.6. The minimum Gasteiger partial charge on any atom is -0.492 e. The van der Waals surface area contributed by atoms with Crippen molar-refractivity contribution in [3.63, 3.8) is 0 Å². The first-order valence-corrected chi connectivity index (χ1v) is 8.92. The highest BCUT2D eigenvalue weighted by Gasteiger charge is 2.50. The Bertz CT molecular complexity index is 897. The van der Waals surface area contributed by atoms with Crippen molar-refractivity contribution in [2.45, 2.75) is 38.5 Å². The molecular weight excluding hydrogens is 360 g/mol. The van der Waals surface area contributed by atoms with Crippen molar-refractivity contribution in [2.75, 3.05) is 13.2 Å². The summed E-state index contributed by atoms with van der Waals surface area (Å²) in [5, 5.41) is 9.30. The lowest BCUT2D eigenvalue weighted by Gasteiger charge is -2.46. The molecule has 1 aromatic carbocycles. The third kappa shape index (κ3) is 3.58. The molecule has 2 aliphatic rings. The smallest absolute Gasteiger partial charge is 0.303 e. The SMILES string of the molecule is C=CCOC1=CC(=O)N([C@H]2c3cc(C#N)ccc3OC(C)(C)[C@@H]2OC(C)=O)C1. The van der Waals surface area contributed by atoms with Gasteiger partial charge in [0.15, 0.2) is 6.10 Å². The van der Waals surface area contributed by atoms with Crippen LogP contribution in [0.3, 0.4) is 0 Å². The molecule has 0 aromatic heterocycles. The lowest BCUT2D eigenvalue weighted by molar-refractivity contribution is -0.171. The number of benzene rings is 1. The molecule has 0 spiro atoms. The minimum absolute atomic E-state index is 0.224. The molecule has 7 nitrogen and oxygen atoms in total. The Balaban J connectivity index is 2.06. The number of hydrogen-bond acceptors (Lipinski definition) is 6. The van der Waals surface area contributed by atoms with E-state index in [1.54, 1.807) is 43.0 Å². The van der Waals surface area contributed by atoms with Gasteiger partial charge in [-0.25, -0.2) is 0 Å². The summed E-state index contributed by atoms with van der Waals surface area (Å²) in [6, 6.07) is 6.50. The van der Waals surface area contributed by atoms with Gasteiger partial charge in [0.05, 0.1) is 18.2 Å². The van der Waals surface area contributed by atoms with Gasteiger partial charge in [-0.05, 0) is 32.0 Å². The molecule has 2 heterocycles. The fourth-order valence-corrected chi connectivity index (χ4v) is 3.54. The van der Waals surface area contributed by atoms with E-state index in [0.717, 1.165) is 0 Å². The van der Waals surface area contributed by atoms with Crippen molar-refractivity contribution in [2.24, 2.45) is 0 Å². The first kappa shape index (κ1) is 19.5. The third-order valence-corrected chi connectivity index (χ3v) is 4.71. The molecule has 0 fully saturated rings. The molecular formula is C21H22N2O5. The number of nitriles is 1. The lowest BCUT2D eigenvalue weighted by atomic mass is 9.84. The van der Waals surface area contributed by atoms with E-state index >= 15 is 0 Å². The molecule has 0 radical (unpaired) electrons. The molecule has 0 bridgehead atoms. The topological polar surface area (TPSA) is 88.9 Å². The molecule has 1 aromatic rings. The number of hydrogen-bond donors (Lipinski definition) is 0. The van der Waals surface area contributed by atoms with E-state index in [0.29, 0.717) is 22.6 Å². The summed E-state index contributed by atoms with van der Waals surface area (Å²) in [6.07, 6.45) is 2.26. The number of rotatable bonds is 5. The number of fused-ring (bicyclic) bond motifs is 1. The molecule has 3 rings (SSSR count). The second-order valence-corrected chi connectivity index (χ2v) is 7.22. The quantitative estimate of drug-likeness (QED) is 0.575. The predicted molar refractivity (Wildman–Crippen MR) is 100 cm³/mol. The molecule has 0 N–H and O–H groups in total. The van der Waals surface area contributed by atoms with Crippen LogP contribution in [-0.2, 0) is 19.1 Å². The van der Waals surface area contributed by atoms with Gasteiger partial charge >= 0.3 is 5.97 Å². The number of ether oxygens (including phenoxy) is 3. The molecule has 0 unspecified atom stereocenters. The van der Waals surface area contributed by atoms with Gasteiger partial charge in [0.2, 0.25) is 0 Å². The van der Waals surface area contributed by atoms with Crippen LogP contribution >= 0.6 is 0 Å². The van der Waals surface area contributed by atoms with Crippen LogP contribution in [0.5, 0.6) is 5.75 Å². The Labute approximate surface area is 163 Å². The average molecular weight is 382 g/mol. The summed E-state index contributed by atoms with van der Waals surface area (Å²) in [5.74, 6) is 0.320. The van der Waals surface area contributed by atoms with Gasteiger partial charge in [-0.15, -0.1) is 0 Å². The summed E-state index contributed by atoms with van der Waals surface area (Å²) in [6.45, 7) is 9.04. The van der Waals surface area contributed by atoms with E-state index < -0.39 is 23.7 Å². The minimum atomic E-state index is -0.886. The van der Waals surface area contributed by atoms with Crippen molar-refractivity contribution in [3.05, 3.63) is 53.8 Å². The number of esters is 1. The van der Waals surface area contributed by atoms with Gasteiger partial charge in [0, 0.05) is 18.6 Å². The van der Waals surface area contributed by atoms with Crippen molar-refractivity contribution in [3.8, 4) is 11.8 Å². The summed E-state index contributed by atoms with van der Waals surface area (Å²) in [4.78, 5) is 26.1. The van der Waals surface area contributed by atoms with Crippen molar-refractivity contribution in [1.29, 1.82) is 5.26 Å². The van der Waals surface area contributed by atoms with E-state index in [1.165, 1.54) is 13.0 Å². The monoisotopic (exact) mass is 382 g/mol. The average Bonchev–Trinajstić information content (AvgIpc) is 3.00. The maximum Gasteiger partial charge on any atom is 0.303 e.